The first-order valence-electron chi connectivity index (χ1n) is 9.42. The molecule has 1 saturated heterocycles. The predicted octanol–water partition coefficient (Wildman–Crippen LogP) is 4.24. The lowest BCUT2D eigenvalue weighted by atomic mass is 10.1. The highest BCUT2D eigenvalue weighted by Gasteiger charge is 2.29. The molecule has 0 aliphatic carbocycles. The number of hydrogen-bond donors (Lipinski definition) is 0. The maximum Gasteiger partial charge on any atom is 0.229 e. The van der Waals surface area contributed by atoms with Crippen LogP contribution in [0.25, 0.3) is 11.1 Å². The van der Waals surface area contributed by atoms with E-state index in [0.717, 1.165) is 40.8 Å². The molecule has 1 aliphatic rings. The second-order valence-corrected chi connectivity index (χ2v) is 8.08. The molecule has 6 nitrogen and oxygen atoms in total. The summed E-state index contributed by atoms with van der Waals surface area (Å²) in [6.45, 7) is 6.53. The van der Waals surface area contributed by atoms with E-state index in [0.29, 0.717) is 12.4 Å². The predicted molar refractivity (Wildman–Crippen MR) is 110 cm³/mol. The van der Waals surface area contributed by atoms with Gasteiger partial charge in [-0.3, -0.25) is 4.90 Å². The summed E-state index contributed by atoms with van der Waals surface area (Å²) in [4.78, 5) is 11.1. The van der Waals surface area contributed by atoms with Gasteiger partial charge in [0.25, 0.3) is 0 Å². The summed E-state index contributed by atoms with van der Waals surface area (Å²) in [5.41, 5.74) is 2.25. The summed E-state index contributed by atoms with van der Waals surface area (Å²) in [6.07, 6.45) is 4.14. The number of likely N-dealkylation sites (tertiary alicyclic amines) is 1. The number of thioether (sulfide) groups is 1. The minimum atomic E-state index is 0.199. The molecule has 0 atom stereocenters. The highest BCUT2D eigenvalue weighted by molar-refractivity contribution is 7.98. The molecule has 0 unspecified atom stereocenters. The molecule has 1 aromatic carbocycles. The summed E-state index contributed by atoms with van der Waals surface area (Å²) < 4.78 is 11.3. The lowest BCUT2D eigenvalue weighted by Gasteiger charge is -2.38. The number of aromatic nitrogens is 3. The Kier molecular flexibility index (Phi) is 5.64. The largest absolute Gasteiger partial charge is 0.488 e. The zero-order valence-electron chi connectivity index (χ0n) is 16.3. The van der Waals surface area contributed by atoms with Crippen molar-refractivity contribution >= 4 is 11.8 Å². The van der Waals surface area contributed by atoms with E-state index in [1.54, 1.807) is 11.8 Å². The van der Waals surface area contributed by atoms with Gasteiger partial charge < -0.3 is 9.26 Å². The van der Waals surface area contributed by atoms with Crippen LogP contribution in [0.5, 0.6) is 5.75 Å². The highest BCUT2D eigenvalue weighted by Crippen LogP contribution is 2.25. The van der Waals surface area contributed by atoms with Crippen molar-refractivity contribution in [1.82, 2.24) is 20.0 Å². The van der Waals surface area contributed by atoms with E-state index < -0.39 is 0 Å². The maximum atomic E-state index is 6.06. The average Bonchev–Trinajstić information content (AvgIpc) is 3.16. The van der Waals surface area contributed by atoms with Gasteiger partial charge in [0.05, 0.1) is 11.6 Å². The van der Waals surface area contributed by atoms with Gasteiger partial charge in [0.15, 0.2) is 5.82 Å². The molecular formula is C21H24N4O2S. The Morgan fingerprint density at radius 3 is 2.50 bits per heavy atom. The molecule has 1 fully saturated rings. The minimum Gasteiger partial charge on any atom is -0.488 e. The molecule has 0 bridgehead atoms. The first-order chi connectivity index (χ1) is 13.6. The van der Waals surface area contributed by atoms with Gasteiger partial charge in [-0.2, -0.15) is 4.98 Å². The third-order valence-electron chi connectivity index (χ3n) is 4.70. The van der Waals surface area contributed by atoms with E-state index in [2.05, 4.69) is 38.2 Å². The maximum absolute atomic E-state index is 6.06. The number of nitrogens with zero attached hydrogens (tertiary/aromatic N) is 4. The van der Waals surface area contributed by atoms with Crippen molar-refractivity contribution in [3.63, 3.8) is 0 Å². The quantitative estimate of drug-likeness (QED) is 0.554. The van der Waals surface area contributed by atoms with E-state index in [9.17, 15) is 0 Å². The first kappa shape index (κ1) is 19.0. The molecule has 28 heavy (non-hydrogen) atoms. The number of pyridine rings is 1. The second-order valence-electron chi connectivity index (χ2n) is 7.25. The molecule has 4 rings (SSSR count). The SMILES string of the molecule is CSc1ccc(-c2ccc(OC3CN(Cc4noc(C(C)C)n4)C3)cc2)cn1. The molecule has 0 spiro atoms. The van der Waals surface area contributed by atoms with Crippen molar-refractivity contribution < 1.29 is 9.26 Å². The smallest absolute Gasteiger partial charge is 0.229 e. The summed E-state index contributed by atoms with van der Waals surface area (Å²) in [5, 5.41) is 5.07. The standard InChI is InChI=1S/C21H24N4O2S/c1-14(2)21-23-19(24-27-21)13-25-11-18(12-25)26-17-7-4-15(5-8-17)16-6-9-20(28-3)22-10-16/h4-10,14,18H,11-13H2,1-3H3. The second kappa shape index (κ2) is 8.32. The summed E-state index contributed by atoms with van der Waals surface area (Å²) in [6, 6.07) is 12.3. The van der Waals surface area contributed by atoms with Crippen LogP contribution in [0.3, 0.4) is 0 Å². The average molecular weight is 397 g/mol. The Bertz CT molecular complexity index is 903. The number of ether oxygens (including phenoxy) is 1. The number of benzene rings is 1. The zero-order valence-corrected chi connectivity index (χ0v) is 17.1. The lowest BCUT2D eigenvalue weighted by Crippen LogP contribution is -2.53. The van der Waals surface area contributed by atoms with E-state index in [-0.39, 0.29) is 12.0 Å². The molecule has 0 radical (unpaired) electrons. The van der Waals surface area contributed by atoms with Crippen LogP contribution < -0.4 is 4.74 Å². The van der Waals surface area contributed by atoms with Crippen LogP contribution in [-0.4, -0.2) is 45.5 Å². The van der Waals surface area contributed by atoms with Crippen molar-refractivity contribution in [1.29, 1.82) is 0 Å². The lowest BCUT2D eigenvalue weighted by molar-refractivity contribution is 0.0126. The third-order valence-corrected chi connectivity index (χ3v) is 5.36. The summed E-state index contributed by atoms with van der Waals surface area (Å²) in [5.74, 6) is 2.59. The fourth-order valence-corrected chi connectivity index (χ4v) is 3.44. The molecule has 7 heteroatoms. The molecule has 3 heterocycles. The highest BCUT2D eigenvalue weighted by atomic mass is 32.2. The van der Waals surface area contributed by atoms with E-state index in [1.165, 1.54) is 0 Å². The van der Waals surface area contributed by atoms with Crippen molar-refractivity contribution in [3.8, 4) is 16.9 Å². The summed E-state index contributed by atoms with van der Waals surface area (Å²) >= 11 is 1.65. The Morgan fingerprint density at radius 2 is 1.89 bits per heavy atom. The van der Waals surface area contributed by atoms with Gasteiger partial charge in [-0.05, 0) is 30.0 Å². The van der Waals surface area contributed by atoms with Crippen molar-refractivity contribution in [3.05, 3.63) is 54.3 Å². The fraction of sp³-hybridized carbons (Fsp3) is 0.381. The molecule has 0 saturated carbocycles. The van der Waals surface area contributed by atoms with Crippen LogP contribution in [0.15, 0.2) is 52.1 Å². The molecule has 1 aliphatic heterocycles. The Balaban J connectivity index is 1.27. The molecule has 0 N–H and O–H groups in total. The van der Waals surface area contributed by atoms with Crippen LogP contribution >= 0.6 is 11.8 Å². The third kappa shape index (κ3) is 4.36. The number of hydrogen-bond acceptors (Lipinski definition) is 7. The zero-order chi connectivity index (χ0) is 19.5. The van der Waals surface area contributed by atoms with Crippen LogP contribution in [0.1, 0.15) is 31.5 Å². The summed E-state index contributed by atoms with van der Waals surface area (Å²) in [7, 11) is 0. The van der Waals surface area contributed by atoms with Crippen LogP contribution in [0.2, 0.25) is 0 Å². The fourth-order valence-electron chi connectivity index (χ4n) is 3.08. The van der Waals surface area contributed by atoms with Crippen molar-refractivity contribution in [2.75, 3.05) is 19.3 Å². The Morgan fingerprint density at radius 1 is 1.14 bits per heavy atom. The van der Waals surface area contributed by atoms with Crippen LogP contribution in [0, 0.1) is 0 Å². The van der Waals surface area contributed by atoms with Crippen LogP contribution in [0.4, 0.5) is 0 Å². The van der Waals surface area contributed by atoms with Crippen molar-refractivity contribution in [2.24, 2.45) is 0 Å². The topological polar surface area (TPSA) is 64.3 Å². The van der Waals surface area contributed by atoms with Gasteiger partial charge >= 0.3 is 0 Å². The van der Waals surface area contributed by atoms with E-state index in [1.807, 2.05) is 44.5 Å². The van der Waals surface area contributed by atoms with Gasteiger partial charge in [0.1, 0.15) is 11.9 Å². The molecule has 3 aromatic rings. The first-order valence-corrected chi connectivity index (χ1v) is 10.6. The van der Waals surface area contributed by atoms with Gasteiger partial charge in [0, 0.05) is 30.8 Å². The monoisotopic (exact) mass is 396 g/mol. The van der Waals surface area contributed by atoms with E-state index in [4.69, 9.17) is 9.26 Å². The Hall–Kier alpha value is -2.38. The number of rotatable bonds is 7. The molecular weight excluding hydrogens is 372 g/mol. The van der Waals surface area contributed by atoms with Gasteiger partial charge in [-0.25, -0.2) is 4.98 Å². The molecule has 0 amide bonds. The van der Waals surface area contributed by atoms with Crippen molar-refractivity contribution in [2.45, 2.75) is 37.4 Å². The normalized spacial score (nSPS) is 15.0. The van der Waals surface area contributed by atoms with Gasteiger partial charge in [-0.1, -0.05) is 37.2 Å². The van der Waals surface area contributed by atoms with E-state index >= 15 is 0 Å². The van der Waals surface area contributed by atoms with Gasteiger partial charge in [-0.15, -0.1) is 11.8 Å². The minimum absolute atomic E-state index is 0.199. The van der Waals surface area contributed by atoms with Crippen LogP contribution in [-0.2, 0) is 6.54 Å². The van der Waals surface area contributed by atoms with Gasteiger partial charge in [0.2, 0.25) is 5.89 Å². The molecule has 146 valence electrons. The molecule has 2 aromatic heterocycles. The Labute approximate surface area is 169 Å².